The third-order valence-electron chi connectivity index (χ3n) is 1.96. The number of carbonyl (C=O) groups excluding carboxylic acids is 1. The predicted molar refractivity (Wildman–Crippen MR) is 53.8 cm³/mol. The summed E-state index contributed by atoms with van der Waals surface area (Å²) in [5, 5.41) is 9.17. The zero-order valence-electron chi connectivity index (χ0n) is 8.29. The van der Waals surface area contributed by atoms with Crippen LogP contribution in [-0.4, -0.2) is 28.7 Å². The van der Waals surface area contributed by atoms with E-state index in [0.717, 1.165) is 12.8 Å². The summed E-state index contributed by atoms with van der Waals surface area (Å²) in [5.41, 5.74) is 5.86. The fourth-order valence-electron chi connectivity index (χ4n) is 1.18. The number of nitrogens with two attached hydrogens (primary N) is 1. The van der Waals surface area contributed by atoms with Crippen molar-refractivity contribution in [2.24, 2.45) is 5.73 Å². The second-order valence-corrected chi connectivity index (χ2v) is 3.28. The van der Waals surface area contributed by atoms with Gasteiger partial charge in [-0.1, -0.05) is 0 Å². The number of nitrogens with zero attached hydrogens (tertiary/aromatic N) is 1. The Morgan fingerprint density at radius 2 is 2.57 bits per heavy atom. The van der Waals surface area contributed by atoms with Gasteiger partial charge in [0, 0.05) is 12.2 Å². The number of hydrogen-bond donors (Lipinski definition) is 3. The molecule has 5 nitrogen and oxygen atoms in total. The number of nitrogens with one attached hydrogen (secondary N) is 2. The molecule has 1 unspecified atom stereocenters. The number of amides is 1. The third kappa shape index (κ3) is 3.18. The van der Waals surface area contributed by atoms with Crippen LogP contribution < -0.4 is 11.1 Å². The fourth-order valence-corrected chi connectivity index (χ4v) is 1.18. The molecule has 1 aromatic heterocycles. The largest absolute Gasteiger partial charge is 0.348 e. The van der Waals surface area contributed by atoms with Crippen molar-refractivity contribution >= 4 is 5.91 Å². The van der Waals surface area contributed by atoms with Gasteiger partial charge in [-0.25, -0.2) is 0 Å². The first-order valence-corrected chi connectivity index (χ1v) is 4.74. The van der Waals surface area contributed by atoms with Gasteiger partial charge in [0.25, 0.3) is 5.91 Å². The first-order chi connectivity index (χ1) is 6.74. The number of rotatable bonds is 5. The van der Waals surface area contributed by atoms with Gasteiger partial charge in [-0.2, -0.15) is 5.10 Å². The summed E-state index contributed by atoms with van der Waals surface area (Å²) in [4.78, 5) is 11.5. The van der Waals surface area contributed by atoms with Crippen molar-refractivity contribution in [2.45, 2.75) is 25.8 Å². The fraction of sp³-hybridized carbons (Fsp3) is 0.556. The Kier molecular flexibility index (Phi) is 4.12. The lowest BCUT2D eigenvalue weighted by molar-refractivity contribution is 0.0933. The minimum absolute atomic E-state index is 0.118. The van der Waals surface area contributed by atoms with Crippen LogP contribution >= 0.6 is 0 Å². The molecule has 1 rings (SSSR count). The van der Waals surface area contributed by atoms with E-state index in [0.29, 0.717) is 12.2 Å². The maximum Gasteiger partial charge on any atom is 0.269 e. The SMILES string of the molecule is CC(CCCN)NC(=O)c1ccn[nH]1. The molecule has 1 heterocycles. The highest BCUT2D eigenvalue weighted by molar-refractivity contribution is 5.92. The molecule has 0 aliphatic carbocycles. The van der Waals surface area contributed by atoms with Gasteiger partial charge in [0.2, 0.25) is 0 Å². The van der Waals surface area contributed by atoms with E-state index in [1.54, 1.807) is 12.3 Å². The molecule has 5 heteroatoms. The van der Waals surface area contributed by atoms with Crippen LogP contribution in [-0.2, 0) is 0 Å². The highest BCUT2D eigenvalue weighted by atomic mass is 16.2. The molecule has 0 saturated carbocycles. The molecule has 4 N–H and O–H groups in total. The van der Waals surface area contributed by atoms with Crippen molar-refractivity contribution < 1.29 is 4.79 Å². The maximum atomic E-state index is 11.5. The Labute approximate surface area is 83.1 Å². The smallest absolute Gasteiger partial charge is 0.269 e. The number of hydrogen-bond acceptors (Lipinski definition) is 3. The van der Waals surface area contributed by atoms with Crippen LogP contribution in [0.4, 0.5) is 0 Å². The third-order valence-corrected chi connectivity index (χ3v) is 1.96. The van der Waals surface area contributed by atoms with Crippen LogP contribution in [0.3, 0.4) is 0 Å². The van der Waals surface area contributed by atoms with Crippen molar-refractivity contribution in [3.63, 3.8) is 0 Å². The molecule has 1 aromatic rings. The minimum Gasteiger partial charge on any atom is -0.348 e. The van der Waals surface area contributed by atoms with Crippen molar-refractivity contribution in [2.75, 3.05) is 6.54 Å². The first kappa shape index (κ1) is 10.7. The summed E-state index contributed by atoms with van der Waals surface area (Å²) < 4.78 is 0. The van der Waals surface area contributed by atoms with Gasteiger partial charge in [0.05, 0.1) is 0 Å². The normalized spacial score (nSPS) is 12.4. The second kappa shape index (κ2) is 5.39. The second-order valence-electron chi connectivity index (χ2n) is 3.28. The van der Waals surface area contributed by atoms with Crippen LogP contribution in [0.1, 0.15) is 30.3 Å². The summed E-state index contributed by atoms with van der Waals surface area (Å²) in [6.45, 7) is 2.62. The molecule has 0 bridgehead atoms. The first-order valence-electron chi connectivity index (χ1n) is 4.74. The summed E-state index contributed by atoms with van der Waals surface area (Å²) in [5.74, 6) is -0.118. The van der Waals surface area contributed by atoms with E-state index >= 15 is 0 Å². The molecule has 0 fully saturated rings. The van der Waals surface area contributed by atoms with E-state index < -0.39 is 0 Å². The van der Waals surface area contributed by atoms with Gasteiger partial charge >= 0.3 is 0 Å². The molecule has 1 amide bonds. The molecule has 0 saturated heterocycles. The van der Waals surface area contributed by atoms with Crippen molar-refractivity contribution in [3.05, 3.63) is 18.0 Å². The van der Waals surface area contributed by atoms with Crippen LogP contribution in [0, 0.1) is 0 Å². The number of carbonyl (C=O) groups is 1. The maximum absolute atomic E-state index is 11.5. The monoisotopic (exact) mass is 196 g/mol. The zero-order valence-corrected chi connectivity index (χ0v) is 8.29. The molecule has 1 atom stereocenters. The molecule has 78 valence electrons. The van der Waals surface area contributed by atoms with Crippen molar-refractivity contribution in [1.82, 2.24) is 15.5 Å². The summed E-state index contributed by atoms with van der Waals surface area (Å²) in [6, 6.07) is 1.79. The number of aromatic amines is 1. The molecule has 0 aromatic carbocycles. The van der Waals surface area contributed by atoms with Gasteiger partial charge in [-0.15, -0.1) is 0 Å². The Hall–Kier alpha value is -1.36. The molecule has 0 spiro atoms. The molecule has 0 aliphatic rings. The van der Waals surface area contributed by atoms with Crippen LogP contribution in [0.25, 0.3) is 0 Å². The van der Waals surface area contributed by atoms with Gasteiger partial charge in [0.1, 0.15) is 5.69 Å². The molecule has 0 radical (unpaired) electrons. The molecular weight excluding hydrogens is 180 g/mol. The van der Waals surface area contributed by atoms with Crippen LogP contribution in [0.5, 0.6) is 0 Å². The number of aromatic nitrogens is 2. The van der Waals surface area contributed by atoms with E-state index in [4.69, 9.17) is 5.73 Å². The standard InChI is InChI=1S/C9H16N4O/c1-7(3-2-5-10)12-9(14)8-4-6-11-13-8/h4,6-7H,2-3,5,10H2,1H3,(H,11,13)(H,12,14). The van der Waals surface area contributed by atoms with Gasteiger partial charge in [0.15, 0.2) is 0 Å². The highest BCUT2D eigenvalue weighted by Crippen LogP contribution is 1.97. The van der Waals surface area contributed by atoms with Gasteiger partial charge < -0.3 is 11.1 Å². The van der Waals surface area contributed by atoms with E-state index in [1.165, 1.54) is 0 Å². The quantitative estimate of drug-likeness (QED) is 0.632. The number of H-pyrrole nitrogens is 1. The minimum atomic E-state index is -0.118. The zero-order chi connectivity index (χ0) is 10.4. The van der Waals surface area contributed by atoms with E-state index in [2.05, 4.69) is 15.5 Å². The highest BCUT2D eigenvalue weighted by Gasteiger charge is 2.09. The lowest BCUT2D eigenvalue weighted by Crippen LogP contribution is -2.33. The average Bonchev–Trinajstić information content (AvgIpc) is 2.67. The molecule has 0 aliphatic heterocycles. The van der Waals surface area contributed by atoms with E-state index in [1.807, 2.05) is 6.92 Å². The lowest BCUT2D eigenvalue weighted by Gasteiger charge is -2.11. The van der Waals surface area contributed by atoms with Crippen molar-refractivity contribution in [3.8, 4) is 0 Å². The van der Waals surface area contributed by atoms with Gasteiger partial charge in [-0.05, 0) is 32.4 Å². The topological polar surface area (TPSA) is 83.8 Å². The average molecular weight is 196 g/mol. The molecular formula is C9H16N4O. The summed E-state index contributed by atoms with van der Waals surface area (Å²) in [6.07, 6.45) is 3.38. The van der Waals surface area contributed by atoms with Crippen LogP contribution in [0.2, 0.25) is 0 Å². The Morgan fingerprint density at radius 3 is 3.14 bits per heavy atom. The Balaban J connectivity index is 2.34. The van der Waals surface area contributed by atoms with Crippen molar-refractivity contribution in [1.29, 1.82) is 0 Å². The van der Waals surface area contributed by atoms with Crippen LogP contribution in [0.15, 0.2) is 12.3 Å². The summed E-state index contributed by atoms with van der Waals surface area (Å²) in [7, 11) is 0. The van der Waals surface area contributed by atoms with E-state index in [9.17, 15) is 4.79 Å². The van der Waals surface area contributed by atoms with E-state index in [-0.39, 0.29) is 11.9 Å². The summed E-state index contributed by atoms with van der Waals surface area (Å²) >= 11 is 0. The Morgan fingerprint density at radius 1 is 1.79 bits per heavy atom. The predicted octanol–water partition coefficient (Wildman–Crippen LogP) is 0.267. The Bertz CT molecular complexity index is 270. The van der Waals surface area contributed by atoms with Gasteiger partial charge in [-0.3, -0.25) is 9.89 Å². The molecule has 14 heavy (non-hydrogen) atoms. The lowest BCUT2D eigenvalue weighted by atomic mass is 10.2.